The molecule has 4 aromatic rings. The maximum absolute atomic E-state index is 12.2. The van der Waals surface area contributed by atoms with Crippen LogP contribution in [-0.4, -0.2) is 10.9 Å². The lowest BCUT2D eigenvalue weighted by molar-refractivity contribution is -0.117. The lowest BCUT2D eigenvalue weighted by Crippen LogP contribution is -2.23. The summed E-state index contributed by atoms with van der Waals surface area (Å²) in [5.41, 5.74) is 0.854. The summed E-state index contributed by atoms with van der Waals surface area (Å²) < 4.78 is 12.0. The number of thiazole rings is 1. The number of nitrogens with zero attached hydrogens (tertiary/aromatic N) is 2. The van der Waals surface area contributed by atoms with Crippen LogP contribution in [0.2, 0.25) is 0 Å². The Morgan fingerprint density at radius 1 is 1.22 bits per heavy atom. The van der Waals surface area contributed by atoms with E-state index in [1.807, 2.05) is 30.3 Å². The molecule has 0 saturated heterocycles. The van der Waals surface area contributed by atoms with E-state index in [2.05, 4.69) is 10.3 Å². The van der Waals surface area contributed by atoms with E-state index in [0.29, 0.717) is 17.3 Å². The number of carbonyl (C=O) groups excluding carboxylic acids is 1. The highest BCUT2D eigenvalue weighted by atomic mass is 32.1. The third-order valence-electron chi connectivity index (χ3n) is 3.79. The molecule has 0 atom stereocenters. The number of benzene rings is 1. The summed E-state index contributed by atoms with van der Waals surface area (Å²) in [7, 11) is 0. The number of nitriles is 1. The number of fused-ring (bicyclic) bond motifs is 1. The molecule has 7 heteroatoms. The second-order valence-electron chi connectivity index (χ2n) is 5.62. The Labute approximate surface area is 158 Å². The van der Waals surface area contributed by atoms with Crippen LogP contribution in [0.4, 0.5) is 0 Å². The highest BCUT2D eigenvalue weighted by Crippen LogP contribution is 2.31. The van der Waals surface area contributed by atoms with E-state index in [4.69, 9.17) is 8.83 Å². The molecular weight excluding hydrogens is 362 g/mol. The van der Waals surface area contributed by atoms with Crippen molar-refractivity contribution in [3.8, 4) is 16.8 Å². The summed E-state index contributed by atoms with van der Waals surface area (Å²) in [6.45, 7) is 0.208. The number of nitrogens with one attached hydrogen (secondary N) is 1. The van der Waals surface area contributed by atoms with Crippen molar-refractivity contribution in [1.29, 1.82) is 5.26 Å². The molecule has 0 aliphatic carbocycles. The molecule has 1 N–H and O–H groups in total. The van der Waals surface area contributed by atoms with E-state index in [1.54, 1.807) is 24.3 Å². The number of aromatic nitrogens is 1. The number of carbonyl (C=O) groups is 1. The van der Waals surface area contributed by atoms with Crippen LogP contribution < -0.4 is 5.32 Å². The van der Waals surface area contributed by atoms with Crippen molar-refractivity contribution in [1.82, 2.24) is 10.3 Å². The molecule has 4 rings (SSSR count). The third kappa shape index (κ3) is 3.66. The third-order valence-corrected chi connectivity index (χ3v) is 4.84. The van der Waals surface area contributed by atoms with Crippen LogP contribution in [0.3, 0.4) is 0 Å². The van der Waals surface area contributed by atoms with Gasteiger partial charge in [-0.2, -0.15) is 5.26 Å². The molecule has 1 aromatic carbocycles. The maximum Gasteiger partial charge on any atom is 0.262 e. The van der Waals surface area contributed by atoms with Gasteiger partial charge >= 0.3 is 0 Å². The van der Waals surface area contributed by atoms with Gasteiger partial charge in [0.05, 0.1) is 23.0 Å². The Morgan fingerprint density at radius 3 is 2.89 bits per heavy atom. The lowest BCUT2D eigenvalue weighted by Gasteiger charge is -2.01. The van der Waals surface area contributed by atoms with Crippen LogP contribution >= 0.6 is 11.3 Å². The van der Waals surface area contributed by atoms with Crippen molar-refractivity contribution >= 4 is 33.5 Å². The minimum atomic E-state index is -0.494. The summed E-state index contributed by atoms with van der Waals surface area (Å²) in [5, 5.41) is 12.7. The van der Waals surface area contributed by atoms with Crippen LogP contribution in [0.25, 0.3) is 27.1 Å². The average Bonchev–Trinajstić information content (AvgIpc) is 3.44. The van der Waals surface area contributed by atoms with Gasteiger partial charge in [0.2, 0.25) is 0 Å². The fourth-order valence-electron chi connectivity index (χ4n) is 2.49. The first-order chi connectivity index (χ1) is 13.2. The van der Waals surface area contributed by atoms with Gasteiger partial charge in [-0.25, -0.2) is 4.98 Å². The van der Waals surface area contributed by atoms with E-state index in [1.165, 1.54) is 23.7 Å². The minimum absolute atomic E-state index is 0.0493. The molecule has 0 spiro atoms. The molecule has 132 valence electrons. The van der Waals surface area contributed by atoms with Crippen LogP contribution in [0.1, 0.15) is 11.5 Å². The number of amides is 1. The van der Waals surface area contributed by atoms with Crippen LogP contribution in [-0.2, 0) is 11.3 Å². The second kappa shape index (κ2) is 7.32. The Bertz CT molecular complexity index is 1130. The highest BCUT2D eigenvalue weighted by molar-refractivity contribution is 7.21. The molecule has 0 saturated carbocycles. The topological polar surface area (TPSA) is 92.1 Å². The van der Waals surface area contributed by atoms with E-state index in [0.717, 1.165) is 15.2 Å². The van der Waals surface area contributed by atoms with E-state index in [-0.39, 0.29) is 12.1 Å². The summed E-state index contributed by atoms with van der Waals surface area (Å²) in [5.74, 6) is 1.12. The van der Waals surface area contributed by atoms with Gasteiger partial charge in [0.15, 0.2) is 10.8 Å². The molecule has 3 heterocycles. The predicted molar refractivity (Wildman–Crippen MR) is 101 cm³/mol. The van der Waals surface area contributed by atoms with Crippen LogP contribution in [0.5, 0.6) is 0 Å². The van der Waals surface area contributed by atoms with E-state index in [9.17, 15) is 10.1 Å². The Morgan fingerprint density at radius 2 is 2.11 bits per heavy atom. The molecule has 6 nitrogen and oxygen atoms in total. The first-order valence-electron chi connectivity index (χ1n) is 8.11. The molecule has 1 amide bonds. The normalized spacial score (nSPS) is 11.4. The molecule has 0 bridgehead atoms. The molecule has 0 unspecified atom stereocenters. The largest absolute Gasteiger partial charge is 0.467 e. The molecule has 0 radical (unpaired) electrons. The molecule has 27 heavy (non-hydrogen) atoms. The smallest absolute Gasteiger partial charge is 0.262 e. The average molecular weight is 375 g/mol. The van der Waals surface area contributed by atoms with E-state index < -0.39 is 5.91 Å². The molecule has 0 aliphatic rings. The number of hydrogen-bond acceptors (Lipinski definition) is 6. The molecular formula is C20H13N3O3S. The van der Waals surface area contributed by atoms with Gasteiger partial charge in [-0.15, -0.1) is 11.3 Å². The zero-order chi connectivity index (χ0) is 18.6. The van der Waals surface area contributed by atoms with Crippen LogP contribution in [0.15, 0.2) is 69.2 Å². The summed E-state index contributed by atoms with van der Waals surface area (Å²) in [4.78, 5) is 16.7. The number of rotatable bonds is 5. The van der Waals surface area contributed by atoms with Crippen molar-refractivity contribution < 1.29 is 13.6 Å². The quantitative estimate of drug-likeness (QED) is 0.413. The Kier molecular flexibility index (Phi) is 4.56. The van der Waals surface area contributed by atoms with Crippen LogP contribution in [0, 0.1) is 11.3 Å². The fourth-order valence-corrected chi connectivity index (χ4v) is 3.42. The van der Waals surface area contributed by atoms with Gasteiger partial charge in [0.25, 0.3) is 5.91 Å². The van der Waals surface area contributed by atoms with Gasteiger partial charge in [-0.05, 0) is 36.4 Å². The molecule has 3 aromatic heterocycles. The maximum atomic E-state index is 12.2. The van der Waals surface area contributed by atoms with Crippen molar-refractivity contribution in [2.75, 3.05) is 0 Å². The highest BCUT2D eigenvalue weighted by Gasteiger charge is 2.13. The number of para-hydroxylation sites is 1. The van der Waals surface area contributed by atoms with E-state index >= 15 is 0 Å². The number of furan rings is 2. The van der Waals surface area contributed by atoms with Crippen molar-refractivity contribution in [2.24, 2.45) is 0 Å². The Balaban J connectivity index is 1.52. The fraction of sp³-hybridized carbons (Fsp3) is 0.0500. The summed E-state index contributed by atoms with van der Waals surface area (Å²) >= 11 is 1.52. The van der Waals surface area contributed by atoms with Gasteiger partial charge < -0.3 is 14.2 Å². The second-order valence-corrected chi connectivity index (χ2v) is 6.65. The van der Waals surface area contributed by atoms with Crippen molar-refractivity contribution in [2.45, 2.75) is 6.54 Å². The lowest BCUT2D eigenvalue weighted by atomic mass is 10.2. The first-order valence-corrected chi connectivity index (χ1v) is 8.93. The van der Waals surface area contributed by atoms with Crippen molar-refractivity contribution in [3.63, 3.8) is 0 Å². The summed E-state index contributed by atoms with van der Waals surface area (Å²) in [6, 6.07) is 16.7. The monoisotopic (exact) mass is 375 g/mol. The Hall–Kier alpha value is -3.63. The standard InChI is InChI=1S/C20H13N3O3S/c21-11-13(19(24)22-12-15-4-3-9-25-15)10-14-7-8-17(26-14)20-23-16-5-1-2-6-18(16)27-20/h1-10H,12H2,(H,22,24)/b13-10+. The molecule has 0 aliphatic heterocycles. The van der Waals surface area contributed by atoms with Crippen molar-refractivity contribution in [3.05, 3.63) is 71.9 Å². The number of hydrogen-bond donors (Lipinski definition) is 1. The first kappa shape index (κ1) is 16.8. The van der Waals surface area contributed by atoms with Gasteiger partial charge in [-0.1, -0.05) is 12.1 Å². The van der Waals surface area contributed by atoms with Gasteiger partial charge in [-0.3, -0.25) is 4.79 Å². The van der Waals surface area contributed by atoms with Gasteiger partial charge in [0, 0.05) is 6.08 Å². The summed E-state index contributed by atoms with van der Waals surface area (Å²) in [6.07, 6.45) is 2.93. The minimum Gasteiger partial charge on any atom is -0.467 e. The molecule has 0 fully saturated rings. The van der Waals surface area contributed by atoms with Gasteiger partial charge in [0.1, 0.15) is 23.2 Å². The predicted octanol–water partition coefficient (Wildman–Crippen LogP) is 4.37. The SMILES string of the molecule is N#C/C(=C\c1ccc(-c2nc3ccccc3s2)o1)C(=O)NCc1ccco1. The zero-order valence-corrected chi connectivity index (χ0v) is 14.8. The zero-order valence-electron chi connectivity index (χ0n) is 14.0.